The number of benzene rings is 3. The summed E-state index contributed by atoms with van der Waals surface area (Å²) >= 11 is 0. The maximum absolute atomic E-state index is 13.3. The summed E-state index contributed by atoms with van der Waals surface area (Å²) in [6, 6.07) is 20.4. The number of nitrogens with zero attached hydrogens (tertiary/aromatic N) is 3. The number of nitro groups is 1. The van der Waals surface area contributed by atoms with Gasteiger partial charge in [-0.25, -0.2) is 9.07 Å². The van der Waals surface area contributed by atoms with Crippen LogP contribution >= 0.6 is 0 Å². The van der Waals surface area contributed by atoms with E-state index < -0.39 is 10.8 Å². The highest BCUT2D eigenvalue weighted by Gasteiger charge is 2.13. The van der Waals surface area contributed by atoms with Crippen LogP contribution in [0.25, 0.3) is 5.69 Å². The summed E-state index contributed by atoms with van der Waals surface area (Å²) in [6.07, 6.45) is 1.55. The molecule has 0 aliphatic rings. The average Bonchev–Trinajstić information content (AvgIpc) is 3.29. The molecule has 0 bridgehead atoms. The van der Waals surface area contributed by atoms with Crippen LogP contribution in [0.4, 0.5) is 15.8 Å². The minimum absolute atomic E-state index is 0.0703. The second kappa shape index (κ2) is 9.09. The summed E-state index contributed by atoms with van der Waals surface area (Å²) in [6.45, 7) is 0.183. The molecule has 0 aliphatic carbocycles. The van der Waals surface area contributed by atoms with Gasteiger partial charge in [0.25, 0.3) is 11.6 Å². The maximum Gasteiger partial charge on any atom is 0.276 e. The van der Waals surface area contributed by atoms with Gasteiger partial charge < -0.3 is 10.1 Å². The molecule has 160 valence electrons. The molecule has 4 rings (SSSR count). The molecule has 32 heavy (non-hydrogen) atoms. The third-order valence-electron chi connectivity index (χ3n) is 4.51. The number of nitro benzene ring substituents is 1. The van der Waals surface area contributed by atoms with E-state index in [2.05, 4.69) is 10.4 Å². The SMILES string of the molecule is O=C(Nc1cccc(OCc2cccc(F)c2)c1)c1ccn(-c2cccc([N+](=O)[O-])c2)n1. The highest BCUT2D eigenvalue weighted by molar-refractivity contribution is 6.02. The van der Waals surface area contributed by atoms with E-state index in [1.165, 1.54) is 35.0 Å². The topological polar surface area (TPSA) is 99.3 Å². The van der Waals surface area contributed by atoms with Gasteiger partial charge in [-0.1, -0.05) is 24.3 Å². The number of aromatic nitrogens is 2. The number of rotatable bonds is 7. The molecule has 0 saturated heterocycles. The molecule has 1 heterocycles. The van der Waals surface area contributed by atoms with Crippen molar-refractivity contribution in [2.45, 2.75) is 6.61 Å². The van der Waals surface area contributed by atoms with Gasteiger partial charge in [0.05, 0.1) is 10.6 Å². The Morgan fingerprint density at radius 1 is 1.06 bits per heavy atom. The van der Waals surface area contributed by atoms with E-state index >= 15 is 0 Å². The van der Waals surface area contributed by atoms with Gasteiger partial charge in [-0.2, -0.15) is 5.10 Å². The summed E-state index contributed by atoms with van der Waals surface area (Å²) in [5.74, 6) is -0.276. The van der Waals surface area contributed by atoms with Crippen LogP contribution < -0.4 is 10.1 Å². The summed E-state index contributed by atoms with van der Waals surface area (Å²) in [5, 5.41) is 17.9. The Balaban J connectivity index is 1.43. The van der Waals surface area contributed by atoms with E-state index in [1.54, 1.807) is 54.7 Å². The van der Waals surface area contributed by atoms with Gasteiger partial charge in [0.15, 0.2) is 5.69 Å². The fourth-order valence-corrected chi connectivity index (χ4v) is 2.99. The van der Waals surface area contributed by atoms with Crippen LogP contribution in [0.1, 0.15) is 16.1 Å². The van der Waals surface area contributed by atoms with Crippen molar-refractivity contribution in [3.63, 3.8) is 0 Å². The minimum atomic E-state index is -0.496. The first-order chi connectivity index (χ1) is 15.5. The van der Waals surface area contributed by atoms with Crippen molar-refractivity contribution < 1.29 is 18.8 Å². The molecule has 1 aromatic heterocycles. The molecule has 1 N–H and O–H groups in total. The molecular formula is C23H17FN4O4. The van der Waals surface area contributed by atoms with Gasteiger partial charge in [0.1, 0.15) is 18.2 Å². The molecule has 0 atom stereocenters. The number of carbonyl (C=O) groups is 1. The van der Waals surface area contributed by atoms with Crippen molar-refractivity contribution in [3.8, 4) is 11.4 Å². The van der Waals surface area contributed by atoms with Gasteiger partial charge in [-0.3, -0.25) is 14.9 Å². The molecule has 0 saturated carbocycles. The van der Waals surface area contributed by atoms with E-state index in [0.29, 0.717) is 22.7 Å². The van der Waals surface area contributed by atoms with E-state index in [0.717, 1.165) is 0 Å². The lowest BCUT2D eigenvalue weighted by Crippen LogP contribution is -2.13. The van der Waals surface area contributed by atoms with Gasteiger partial charge in [0.2, 0.25) is 0 Å². The maximum atomic E-state index is 13.3. The first-order valence-electron chi connectivity index (χ1n) is 9.57. The molecule has 4 aromatic rings. The van der Waals surface area contributed by atoms with Crippen LogP contribution in [-0.2, 0) is 6.61 Å². The van der Waals surface area contributed by atoms with Crippen LogP contribution in [0, 0.1) is 15.9 Å². The van der Waals surface area contributed by atoms with Crippen molar-refractivity contribution in [1.82, 2.24) is 9.78 Å². The smallest absolute Gasteiger partial charge is 0.276 e. The lowest BCUT2D eigenvalue weighted by atomic mass is 10.2. The number of amides is 1. The summed E-state index contributed by atoms with van der Waals surface area (Å²) in [7, 11) is 0. The Morgan fingerprint density at radius 2 is 1.88 bits per heavy atom. The van der Waals surface area contributed by atoms with Gasteiger partial charge in [-0.15, -0.1) is 0 Å². The molecular weight excluding hydrogens is 415 g/mol. The molecule has 3 aromatic carbocycles. The Labute approximate surface area is 182 Å². The largest absolute Gasteiger partial charge is 0.489 e. The van der Waals surface area contributed by atoms with Crippen LogP contribution in [-0.4, -0.2) is 20.6 Å². The highest BCUT2D eigenvalue weighted by atomic mass is 19.1. The van der Waals surface area contributed by atoms with E-state index in [4.69, 9.17) is 4.74 Å². The Hall–Kier alpha value is -4.53. The van der Waals surface area contributed by atoms with Crippen molar-refractivity contribution in [2.75, 3.05) is 5.32 Å². The van der Waals surface area contributed by atoms with Crippen molar-refractivity contribution in [3.05, 3.63) is 112 Å². The Bertz CT molecular complexity index is 1290. The second-order valence-corrected chi connectivity index (χ2v) is 6.82. The quantitative estimate of drug-likeness (QED) is 0.336. The molecule has 0 unspecified atom stereocenters. The lowest BCUT2D eigenvalue weighted by Gasteiger charge is -2.09. The van der Waals surface area contributed by atoms with Crippen LogP contribution in [0.3, 0.4) is 0 Å². The fourth-order valence-electron chi connectivity index (χ4n) is 2.99. The van der Waals surface area contributed by atoms with Gasteiger partial charge in [-0.05, 0) is 42.0 Å². The number of ether oxygens (including phenoxy) is 1. The third-order valence-corrected chi connectivity index (χ3v) is 4.51. The average molecular weight is 432 g/mol. The van der Waals surface area contributed by atoms with Crippen molar-refractivity contribution in [1.29, 1.82) is 0 Å². The first kappa shape index (κ1) is 20.7. The molecule has 0 fully saturated rings. The second-order valence-electron chi connectivity index (χ2n) is 6.82. The van der Waals surface area contributed by atoms with Crippen LogP contribution in [0.5, 0.6) is 5.75 Å². The Kier molecular flexibility index (Phi) is 5.89. The zero-order valence-electron chi connectivity index (χ0n) is 16.6. The van der Waals surface area contributed by atoms with E-state index in [9.17, 15) is 19.3 Å². The molecule has 8 nitrogen and oxygen atoms in total. The standard InChI is InChI=1S/C23H17FN4O4/c24-17-5-1-4-16(12-17)15-32-21-9-2-6-18(13-21)25-23(29)22-10-11-27(26-22)19-7-3-8-20(14-19)28(30)31/h1-14H,15H2,(H,25,29). The summed E-state index contributed by atoms with van der Waals surface area (Å²) in [4.78, 5) is 23.0. The first-order valence-corrected chi connectivity index (χ1v) is 9.57. The van der Waals surface area contributed by atoms with E-state index in [1.807, 2.05) is 0 Å². The van der Waals surface area contributed by atoms with E-state index in [-0.39, 0.29) is 23.8 Å². The number of hydrogen-bond donors (Lipinski definition) is 1. The zero-order valence-corrected chi connectivity index (χ0v) is 16.6. The van der Waals surface area contributed by atoms with Crippen LogP contribution in [0.15, 0.2) is 85.1 Å². The predicted molar refractivity (Wildman–Crippen MR) is 115 cm³/mol. The molecule has 9 heteroatoms. The number of non-ortho nitro benzene ring substituents is 1. The zero-order chi connectivity index (χ0) is 22.5. The number of halogens is 1. The summed E-state index contributed by atoms with van der Waals surface area (Å²) in [5.41, 5.74) is 1.72. The molecule has 0 aliphatic heterocycles. The van der Waals surface area contributed by atoms with Gasteiger partial charge >= 0.3 is 0 Å². The highest BCUT2D eigenvalue weighted by Crippen LogP contribution is 2.20. The molecule has 0 radical (unpaired) electrons. The van der Waals surface area contributed by atoms with Crippen molar-refractivity contribution >= 4 is 17.3 Å². The summed E-state index contributed by atoms with van der Waals surface area (Å²) < 4.78 is 20.4. The normalized spacial score (nSPS) is 10.5. The fraction of sp³-hybridized carbons (Fsp3) is 0.0435. The van der Waals surface area contributed by atoms with Crippen LogP contribution in [0.2, 0.25) is 0 Å². The van der Waals surface area contributed by atoms with Crippen molar-refractivity contribution in [2.24, 2.45) is 0 Å². The van der Waals surface area contributed by atoms with Gasteiger partial charge in [0, 0.05) is 30.1 Å². The third kappa shape index (κ3) is 4.96. The number of carbonyl (C=O) groups excluding carboxylic acids is 1. The lowest BCUT2D eigenvalue weighted by molar-refractivity contribution is -0.384. The molecule has 1 amide bonds. The predicted octanol–water partition coefficient (Wildman–Crippen LogP) is 4.75. The number of nitrogens with one attached hydrogen (secondary N) is 1. The number of hydrogen-bond acceptors (Lipinski definition) is 5. The minimum Gasteiger partial charge on any atom is -0.489 e. The number of anilines is 1. The Morgan fingerprint density at radius 3 is 2.69 bits per heavy atom. The molecule has 0 spiro atoms. The monoisotopic (exact) mass is 432 g/mol.